The highest BCUT2D eigenvalue weighted by atomic mass is 32.1. The lowest BCUT2D eigenvalue weighted by Gasteiger charge is -2.11. The van der Waals surface area contributed by atoms with Gasteiger partial charge >= 0.3 is 0 Å². The number of anilines is 1. The number of aromatic nitrogens is 2. The van der Waals surface area contributed by atoms with Gasteiger partial charge in [-0.1, -0.05) is 18.9 Å². The van der Waals surface area contributed by atoms with E-state index in [1.54, 1.807) is 16.0 Å². The topological polar surface area (TPSA) is 67.2 Å². The standard InChI is InChI=1S/C15H19N3O2S/c19-8-7-18-14(16-15(20)11-4-1-2-5-11)10-12(17-18)13-6-3-9-21-13/h3,6,9-11,19H,1-2,4-5,7-8H2,(H,16,20). The van der Waals surface area contributed by atoms with Gasteiger partial charge in [-0.05, 0) is 24.3 Å². The quantitative estimate of drug-likeness (QED) is 0.892. The first-order valence-corrected chi connectivity index (χ1v) is 8.19. The van der Waals surface area contributed by atoms with Crippen LogP contribution in [0.4, 0.5) is 5.82 Å². The summed E-state index contributed by atoms with van der Waals surface area (Å²) in [4.78, 5) is 13.3. The van der Waals surface area contributed by atoms with E-state index < -0.39 is 0 Å². The third-order valence-corrected chi connectivity index (χ3v) is 4.73. The van der Waals surface area contributed by atoms with Crippen LogP contribution in [0.5, 0.6) is 0 Å². The molecule has 1 saturated carbocycles. The molecule has 0 saturated heterocycles. The Hall–Kier alpha value is -1.66. The van der Waals surface area contributed by atoms with Crippen molar-refractivity contribution >= 4 is 23.1 Å². The molecule has 112 valence electrons. The van der Waals surface area contributed by atoms with E-state index in [0.717, 1.165) is 36.3 Å². The lowest BCUT2D eigenvalue weighted by atomic mass is 10.1. The number of amides is 1. The van der Waals surface area contributed by atoms with Gasteiger partial charge in [-0.3, -0.25) is 4.79 Å². The summed E-state index contributed by atoms with van der Waals surface area (Å²) in [5.41, 5.74) is 0.833. The first-order valence-electron chi connectivity index (χ1n) is 7.31. The monoisotopic (exact) mass is 305 g/mol. The fourth-order valence-corrected chi connectivity index (χ4v) is 3.42. The maximum absolute atomic E-state index is 12.3. The van der Waals surface area contributed by atoms with Crippen molar-refractivity contribution in [2.75, 3.05) is 11.9 Å². The third kappa shape index (κ3) is 3.16. The molecule has 0 atom stereocenters. The molecule has 2 heterocycles. The number of nitrogens with one attached hydrogen (secondary N) is 1. The normalized spacial score (nSPS) is 15.5. The molecular formula is C15H19N3O2S. The Kier molecular flexibility index (Phi) is 4.36. The molecule has 0 unspecified atom stereocenters. The molecule has 1 amide bonds. The SMILES string of the molecule is O=C(Nc1cc(-c2cccs2)nn1CCO)C1CCCC1. The smallest absolute Gasteiger partial charge is 0.228 e. The van der Waals surface area contributed by atoms with E-state index in [-0.39, 0.29) is 18.4 Å². The van der Waals surface area contributed by atoms with Crippen LogP contribution in [-0.2, 0) is 11.3 Å². The molecule has 0 spiro atoms. The molecule has 0 aromatic carbocycles. The largest absolute Gasteiger partial charge is 0.394 e. The number of carbonyl (C=O) groups is 1. The molecular weight excluding hydrogens is 286 g/mol. The van der Waals surface area contributed by atoms with Crippen molar-refractivity contribution in [3.05, 3.63) is 23.6 Å². The second kappa shape index (κ2) is 6.41. The Balaban J connectivity index is 1.80. The minimum atomic E-state index is -0.00212. The van der Waals surface area contributed by atoms with Gasteiger partial charge in [-0.15, -0.1) is 11.3 Å². The highest BCUT2D eigenvalue weighted by Crippen LogP contribution is 2.28. The Bertz CT molecular complexity index is 600. The predicted molar refractivity (Wildman–Crippen MR) is 83.2 cm³/mol. The molecule has 0 radical (unpaired) electrons. The number of thiophene rings is 1. The second-order valence-electron chi connectivity index (χ2n) is 5.31. The van der Waals surface area contributed by atoms with Crippen molar-refractivity contribution in [2.24, 2.45) is 5.92 Å². The number of rotatable bonds is 5. The lowest BCUT2D eigenvalue weighted by molar-refractivity contribution is -0.119. The molecule has 2 aromatic heterocycles. The van der Waals surface area contributed by atoms with Crippen LogP contribution >= 0.6 is 11.3 Å². The summed E-state index contributed by atoms with van der Waals surface area (Å²) < 4.78 is 1.67. The van der Waals surface area contributed by atoms with Crippen LogP contribution in [0, 0.1) is 5.92 Å². The summed E-state index contributed by atoms with van der Waals surface area (Å²) in [6, 6.07) is 5.86. The van der Waals surface area contributed by atoms with Gasteiger partial charge in [0.25, 0.3) is 0 Å². The van der Waals surface area contributed by atoms with Crippen LogP contribution in [0.15, 0.2) is 23.6 Å². The average Bonchev–Trinajstić information content (AvgIpc) is 3.21. The van der Waals surface area contributed by atoms with E-state index in [9.17, 15) is 4.79 Å². The van der Waals surface area contributed by atoms with Crippen LogP contribution in [-0.4, -0.2) is 27.4 Å². The highest BCUT2D eigenvalue weighted by Gasteiger charge is 2.24. The summed E-state index contributed by atoms with van der Waals surface area (Å²) in [6.45, 7) is 0.378. The van der Waals surface area contributed by atoms with Crippen molar-refractivity contribution in [1.29, 1.82) is 0 Å². The molecule has 1 aliphatic rings. The first kappa shape index (κ1) is 14.3. The number of carbonyl (C=O) groups excluding carboxylic acids is 1. The molecule has 0 aliphatic heterocycles. The van der Waals surface area contributed by atoms with E-state index in [1.165, 1.54) is 0 Å². The van der Waals surface area contributed by atoms with Gasteiger partial charge in [0.15, 0.2) is 0 Å². The summed E-state index contributed by atoms with van der Waals surface area (Å²) >= 11 is 1.61. The number of nitrogens with zero attached hydrogens (tertiary/aromatic N) is 2. The zero-order valence-corrected chi connectivity index (χ0v) is 12.6. The summed E-state index contributed by atoms with van der Waals surface area (Å²) in [6.07, 6.45) is 4.21. The molecule has 5 nitrogen and oxygen atoms in total. The minimum absolute atomic E-state index is 0.00212. The average molecular weight is 305 g/mol. The van der Waals surface area contributed by atoms with Gasteiger partial charge in [-0.25, -0.2) is 4.68 Å². The van der Waals surface area contributed by atoms with Crippen molar-refractivity contribution in [2.45, 2.75) is 32.2 Å². The van der Waals surface area contributed by atoms with Gasteiger partial charge in [0.1, 0.15) is 11.5 Å². The number of aliphatic hydroxyl groups is 1. The van der Waals surface area contributed by atoms with E-state index in [1.807, 2.05) is 23.6 Å². The fourth-order valence-electron chi connectivity index (χ4n) is 2.74. The summed E-state index contributed by atoms with van der Waals surface area (Å²) in [5.74, 6) is 0.862. The maximum Gasteiger partial charge on any atom is 0.228 e. The van der Waals surface area contributed by atoms with Crippen molar-refractivity contribution < 1.29 is 9.90 Å². The molecule has 21 heavy (non-hydrogen) atoms. The zero-order chi connectivity index (χ0) is 14.7. The maximum atomic E-state index is 12.3. The van der Waals surface area contributed by atoms with Crippen LogP contribution in [0.1, 0.15) is 25.7 Å². The Labute approximate surface area is 127 Å². The molecule has 2 N–H and O–H groups in total. The van der Waals surface area contributed by atoms with Gasteiger partial charge in [0.2, 0.25) is 5.91 Å². The van der Waals surface area contributed by atoms with Gasteiger partial charge in [0, 0.05) is 12.0 Å². The van der Waals surface area contributed by atoms with Gasteiger partial charge in [0.05, 0.1) is 18.0 Å². The third-order valence-electron chi connectivity index (χ3n) is 3.84. The van der Waals surface area contributed by atoms with E-state index in [0.29, 0.717) is 12.4 Å². The van der Waals surface area contributed by atoms with Gasteiger partial charge in [-0.2, -0.15) is 5.10 Å². The number of hydrogen-bond acceptors (Lipinski definition) is 4. The first-order chi connectivity index (χ1) is 10.3. The molecule has 1 fully saturated rings. The fraction of sp³-hybridized carbons (Fsp3) is 0.467. The van der Waals surface area contributed by atoms with Crippen molar-refractivity contribution in [3.8, 4) is 10.6 Å². The second-order valence-corrected chi connectivity index (χ2v) is 6.26. The predicted octanol–water partition coefficient (Wildman–Crippen LogP) is 2.73. The molecule has 1 aliphatic carbocycles. The van der Waals surface area contributed by atoms with E-state index >= 15 is 0 Å². The number of hydrogen-bond donors (Lipinski definition) is 2. The lowest BCUT2D eigenvalue weighted by Crippen LogP contribution is -2.22. The van der Waals surface area contributed by atoms with Crippen molar-refractivity contribution in [1.82, 2.24) is 9.78 Å². The Morgan fingerprint density at radius 2 is 2.29 bits per heavy atom. The number of aliphatic hydroxyl groups excluding tert-OH is 1. The summed E-state index contributed by atoms with van der Waals surface area (Å²) in [7, 11) is 0. The van der Waals surface area contributed by atoms with E-state index in [2.05, 4.69) is 10.4 Å². The van der Waals surface area contributed by atoms with Crippen LogP contribution < -0.4 is 5.32 Å². The molecule has 3 rings (SSSR count). The van der Waals surface area contributed by atoms with E-state index in [4.69, 9.17) is 5.11 Å². The van der Waals surface area contributed by atoms with Crippen LogP contribution in [0.25, 0.3) is 10.6 Å². The van der Waals surface area contributed by atoms with Crippen LogP contribution in [0.2, 0.25) is 0 Å². The molecule has 2 aromatic rings. The Morgan fingerprint density at radius 1 is 1.48 bits per heavy atom. The summed E-state index contributed by atoms with van der Waals surface area (Å²) in [5, 5.41) is 18.6. The van der Waals surface area contributed by atoms with Crippen molar-refractivity contribution in [3.63, 3.8) is 0 Å². The molecule has 0 bridgehead atoms. The minimum Gasteiger partial charge on any atom is -0.394 e. The van der Waals surface area contributed by atoms with Gasteiger partial charge < -0.3 is 10.4 Å². The molecule has 6 heteroatoms. The van der Waals surface area contributed by atoms with Crippen LogP contribution in [0.3, 0.4) is 0 Å². The zero-order valence-electron chi connectivity index (χ0n) is 11.8. The highest BCUT2D eigenvalue weighted by molar-refractivity contribution is 7.13. The Morgan fingerprint density at radius 3 is 2.95 bits per heavy atom.